The van der Waals surface area contributed by atoms with Crippen molar-refractivity contribution in [3.63, 3.8) is 0 Å². The quantitative estimate of drug-likeness (QED) is 0.804. The SMILES string of the molecule is C[C@H]1C[C@@H](C(=O)Nc2ccc(CC(=O)N(C)c3ccccc3)cc2)CCN1.Cl. The molecule has 0 radical (unpaired) electrons. The van der Waals surface area contributed by atoms with Crippen molar-refractivity contribution in [1.82, 2.24) is 5.32 Å². The van der Waals surface area contributed by atoms with E-state index in [1.807, 2.05) is 54.6 Å². The molecule has 0 aliphatic carbocycles. The maximum Gasteiger partial charge on any atom is 0.231 e. The molecule has 3 rings (SSSR count). The number of amides is 2. The Balaban J connectivity index is 0.00000280. The summed E-state index contributed by atoms with van der Waals surface area (Å²) >= 11 is 0. The molecule has 0 unspecified atom stereocenters. The van der Waals surface area contributed by atoms with Gasteiger partial charge >= 0.3 is 0 Å². The van der Waals surface area contributed by atoms with Crippen LogP contribution >= 0.6 is 12.4 Å². The van der Waals surface area contributed by atoms with Crippen LogP contribution < -0.4 is 15.5 Å². The number of halogens is 1. The molecule has 6 heteroatoms. The zero-order valence-electron chi connectivity index (χ0n) is 16.4. The van der Waals surface area contributed by atoms with Crippen LogP contribution in [0.5, 0.6) is 0 Å². The van der Waals surface area contributed by atoms with Gasteiger partial charge in [0, 0.05) is 30.4 Å². The van der Waals surface area contributed by atoms with Gasteiger partial charge in [-0.05, 0) is 56.1 Å². The summed E-state index contributed by atoms with van der Waals surface area (Å²) in [4.78, 5) is 26.5. The Kier molecular flexibility index (Phi) is 8.03. The minimum Gasteiger partial charge on any atom is -0.326 e. The van der Waals surface area contributed by atoms with E-state index in [1.54, 1.807) is 11.9 Å². The van der Waals surface area contributed by atoms with Crippen LogP contribution in [0.1, 0.15) is 25.3 Å². The zero-order chi connectivity index (χ0) is 19.2. The van der Waals surface area contributed by atoms with Gasteiger partial charge in [0.1, 0.15) is 0 Å². The van der Waals surface area contributed by atoms with E-state index in [1.165, 1.54) is 0 Å². The second kappa shape index (κ2) is 10.2. The number of benzene rings is 2. The molecule has 1 saturated heterocycles. The predicted molar refractivity (Wildman–Crippen MR) is 116 cm³/mol. The van der Waals surface area contributed by atoms with Crippen LogP contribution in [0.2, 0.25) is 0 Å². The van der Waals surface area contributed by atoms with Gasteiger partial charge in [0.2, 0.25) is 11.8 Å². The fraction of sp³-hybridized carbons (Fsp3) is 0.364. The first kappa shape index (κ1) is 21.9. The first-order valence-electron chi connectivity index (χ1n) is 9.47. The van der Waals surface area contributed by atoms with E-state index in [4.69, 9.17) is 0 Å². The van der Waals surface area contributed by atoms with Crippen LogP contribution in [-0.2, 0) is 16.0 Å². The van der Waals surface area contributed by atoms with E-state index in [9.17, 15) is 9.59 Å². The summed E-state index contributed by atoms with van der Waals surface area (Å²) in [6, 6.07) is 17.5. The van der Waals surface area contributed by atoms with Crippen molar-refractivity contribution in [1.29, 1.82) is 0 Å². The number of para-hydroxylation sites is 1. The summed E-state index contributed by atoms with van der Waals surface area (Å²) in [6.45, 7) is 2.99. The molecule has 0 spiro atoms. The zero-order valence-corrected chi connectivity index (χ0v) is 17.2. The Morgan fingerprint density at radius 3 is 2.43 bits per heavy atom. The highest BCUT2D eigenvalue weighted by molar-refractivity contribution is 5.95. The molecular weight excluding hydrogens is 374 g/mol. The molecule has 2 aromatic rings. The first-order chi connectivity index (χ1) is 13.0. The van der Waals surface area contributed by atoms with Crippen molar-refractivity contribution in [2.45, 2.75) is 32.2 Å². The van der Waals surface area contributed by atoms with Gasteiger partial charge in [0.25, 0.3) is 0 Å². The van der Waals surface area contributed by atoms with Gasteiger partial charge < -0.3 is 15.5 Å². The molecule has 150 valence electrons. The van der Waals surface area contributed by atoms with Crippen molar-refractivity contribution in [3.05, 3.63) is 60.2 Å². The van der Waals surface area contributed by atoms with Gasteiger partial charge in [0.15, 0.2) is 0 Å². The van der Waals surface area contributed by atoms with Gasteiger partial charge in [-0.2, -0.15) is 0 Å². The highest BCUT2D eigenvalue weighted by Gasteiger charge is 2.24. The molecule has 5 nitrogen and oxygen atoms in total. The molecule has 2 atom stereocenters. The fourth-order valence-corrected chi connectivity index (χ4v) is 3.41. The molecule has 0 aromatic heterocycles. The number of anilines is 2. The van der Waals surface area contributed by atoms with E-state index >= 15 is 0 Å². The van der Waals surface area contributed by atoms with Gasteiger partial charge in [-0.3, -0.25) is 9.59 Å². The maximum absolute atomic E-state index is 12.5. The smallest absolute Gasteiger partial charge is 0.231 e. The second-order valence-electron chi connectivity index (χ2n) is 7.23. The number of hydrogen-bond donors (Lipinski definition) is 2. The van der Waals surface area contributed by atoms with Crippen LogP contribution in [0.25, 0.3) is 0 Å². The lowest BCUT2D eigenvalue weighted by Gasteiger charge is -2.27. The first-order valence-corrected chi connectivity index (χ1v) is 9.47. The Bertz CT molecular complexity index is 780. The van der Waals surface area contributed by atoms with Gasteiger partial charge in [0.05, 0.1) is 6.42 Å². The molecule has 0 bridgehead atoms. The number of likely N-dealkylation sites (N-methyl/N-ethyl adjacent to an activating group) is 1. The third kappa shape index (κ3) is 5.81. The largest absolute Gasteiger partial charge is 0.326 e. The van der Waals surface area contributed by atoms with E-state index in [0.29, 0.717) is 12.5 Å². The highest BCUT2D eigenvalue weighted by Crippen LogP contribution is 2.19. The topological polar surface area (TPSA) is 61.4 Å². The van der Waals surface area contributed by atoms with E-state index < -0.39 is 0 Å². The number of hydrogen-bond acceptors (Lipinski definition) is 3. The van der Waals surface area contributed by atoms with E-state index in [-0.39, 0.29) is 30.1 Å². The summed E-state index contributed by atoms with van der Waals surface area (Å²) in [5.41, 5.74) is 2.58. The third-order valence-electron chi connectivity index (χ3n) is 5.09. The summed E-state index contributed by atoms with van der Waals surface area (Å²) in [6.07, 6.45) is 2.06. The maximum atomic E-state index is 12.5. The molecule has 0 saturated carbocycles. The Hall–Kier alpha value is -2.37. The van der Waals surface area contributed by atoms with Crippen molar-refractivity contribution < 1.29 is 9.59 Å². The summed E-state index contributed by atoms with van der Waals surface area (Å²) in [7, 11) is 1.78. The highest BCUT2D eigenvalue weighted by atomic mass is 35.5. The van der Waals surface area contributed by atoms with Crippen LogP contribution in [0.15, 0.2) is 54.6 Å². The van der Waals surface area contributed by atoms with Gasteiger partial charge in [-0.1, -0.05) is 30.3 Å². The van der Waals surface area contributed by atoms with Crippen LogP contribution in [-0.4, -0.2) is 31.4 Å². The molecule has 1 fully saturated rings. The molecule has 2 amide bonds. The van der Waals surface area contributed by atoms with Crippen molar-refractivity contribution in [3.8, 4) is 0 Å². The third-order valence-corrected chi connectivity index (χ3v) is 5.09. The second-order valence-corrected chi connectivity index (χ2v) is 7.23. The Morgan fingerprint density at radius 2 is 1.79 bits per heavy atom. The minimum absolute atomic E-state index is 0. The molecule has 2 aromatic carbocycles. The van der Waals surface area contributed by atoms with Crippen molar-refractivity contribution in [2.75, 3.05) is 23.8 Å². The molecule has 1 heterocycles. The average molecular weight is 402 g/mol. The van der Waals surface area contributed by atoms with Crippen LogP contribution in [0.3, 0.4) is 0 Å². The number of rotatable bonds is 5. The summed E-state index contributed by atoms with van der Waals surface area (Å²) < 4.78 is 0. The number of carbonyl (C=O) groups is 2. The number of nitrogens with one attached hydrogen (secondary N) is 2. The standard InChI is InChI=1S/C22H27N3O2.ClH/c1-16-14-18(12-13-23-16)22(27)24-19-10-8-17(9-11-19)15-21(26)25(2)20-6-4-3-5-7-20;/h3-11,16,18,23H,12-15H2,1-2H3,(H,24,27);1H/t16-,18-;/m0./s1. The number of carbonyl (C=O) groups excluding carboxylic acids is 2. The molecule has 2 N–H and O–H groups in total. The lowest BCUT2D eigenvalue weighted by atomic mass is 9.92. The van der Waals surface area contributed by atoms with Gasteiger partial charge in [-0.25, -0.2) is 0 Å². The lowest BCUT2D eigenvalue weighted by molar-refractivity contribution is -0.121. The lowest BCUT2D eigenvalue weighted by Crippen LogP contribution is -2.40. The fourth-order valence-electron chi connectivity index (χ4n) is 3.41. The molecular formula is C22H28ClN3O2. The normalized spacial score (nSPS) is 18.6. The number of piperidine rings is 1. The minimum atomic E-state index is 0. The Labute approximate surface area is 172 Å². The monoisotopic (exact) mass is 401 g/mol. The van der Waals surface area contributed by atoms with Crippen molar-refractivity contribution in [2.24, 2.45) is 5.92 Å². The van der Waals surface area contributed by atoms with E-state index in [2.05, 4.69) is 17.6 Å². The summed E-state index contributed by atoms with van der Waals surface area (Å²) in [5.74, 6) is 0.166. The average Bonchev–Trinajstić information content (AvgIpc) is 2.69. The molecule has 1 aliphatic rings. The van der Waals surface area contributed by atoms with Crippen molar-refractivity contribution >= 4 is 35.6 Å². The van der Waals surface area contributed by atoms with Crippen LogP contribution in [0, 0.1) is 5.92 Å². The Morgan fingerprint density at radius 1 is 1.11 bits per heavy atom. The van der Waals surface area contributed by atoms with E-state index in [0.717, 1.165) is 36.3 Å². The van der Waals surface area contributed by atoms with Crippen LogP contribution in [0.4, 0.5) is 11.4 Å². The van der Waals surface area contributed by atoms with Gasteiger partial charge in [-0.15, -0.1) is 12.4 Å². The number of nitrogens with zero attached hydrogens (tertiary/aromatic N) is 1. The molecule has 28 heavy (non-hydrogen) atoms. The predicted octanol–water partition coefficient (Wildman–Crippen LogP) is 3.64. The molecule has 1 aliphatic heterocycles. The summed E-state index contributed by atoms with van der Waals surface area (Å²) in [5, 5.41) is 6.36.